The topological polar surface area (TPSA) is 97.7 Å². The predicted molar refractivity (Wildman–Crippen MR) is 110 cm³/mol. The molecule has 30 heavy (non-hydrogen) atoms. The van der Waals surface area contributed by atoms with Gasteiger partial charge < -0.3 is 14.6 Å². The Bertz CT molecular complexity index is 868. The second-order valence-electron chi connectivity index (χ2n) is 8.54. The highest BCUT2D eigenvalue weighted by Gasteiger charge is 2.52. The maximum absolute atomic E-state index is 13.1. The van der Waals surface area contributed by atoms with Crippen molar-refractivity contribution in [2.24, 2.45) is 5.92 Å². The van der Waals surface area contributed by atoms with E-state index in [1.54, 1.807) is 19.9 Å². The minimum Gasteiger partial charge on any atom is -0.469 e. The smallest absolute Gasteiger partial charge is 0.325 e. The SMILES string of the molecule is COC(=O)CCn1c(C)cc(C(=O)CN2C(=O)N[C@@](C)(C3CCCCC3)C2=O)c1C. The van der Waals surface area contributed by atoms with E-state index in [0.29, 0.717) is 17.8 Å². The van der Waals surface area contributed by atoms with Crippen LogP contribution in [0, 0.1) is 19.8 Å². The van der Waals surface area contributed by atoms with E-state index in [9.17, 15) is 19.2 Å². The molecule has 1 saturated carbocycles. The van der Waals surface area contributed by atoms with Crippen molar-refractivity contribution in [1.29, 1.82) is 0 Å². The number of aryl methyl sites for hydroxylation is 1. The molecule has 1 aliphatic heterocycles. The quantitative estimate of drug-likeness (QED) is 0.418. The number of aromatic nitrogens is 1. The number of Topliss-reactive ketones (excluding diaryl/α,β-unsaturated/α-hetero) is 1. The Morgan fingerprint density at radius 3 is 2.50 bits per heavy atom. The number of imide groups is 1. The minimum absolute atomic E-state index is 0.103. The molecule has 8 nitrogen and oxygen atoms in total. The molecule has 0 radical (unpaired) electrons. The van der Waals surface area contributed by atoms with E-state index < -0.39 is 11.6 Å². The van der Waals surface area contributed by atoms with Crippen LogP contribution in [0.15, 0.2) is 6.07 Å². The van der Waals surface area contributed by atoms with Crippen LogP contribution in [-0.2, 0) is 20.9 Å². The Hall–Kier alpha value is -2.64. The van der Waals surface area contributed by atoms with Crippen LogP contribution in [0.5, 0.6) is 0 Å². The molecule has 1 aliphatic carbocycles. The molecule has 0 spiro atoms. The minimum atomic E-state index is -0.935. The lowest BCUT2D eigenvalue weighted by atomic mass is 9.75. The first kappa shape index (κ1) is 22.1. The summed E-state index contributed by atoms with van der Waals surface area (Å²) >= 11 is 0. The predicted octanol–water partition coefficient (Wildman–Crippen LogP) is 2.74. The Morgan fingerprint density at radius 1 is 1.20 bits per heavy atom. The standard InChI is InChI=1S/C22H31N3O5/c1-14-12-17(15(2)24(14)11-10-19(27)30-4)18(26)13-25-20(28)22(3,23-21(25)29)16-8-6-5-7-9-16/h12,16H,5-11,13H2,1-4H3,(H,23,29)/t22-/m0/s1. The number of ketones is 1. The number of hydrogen-bond donors (Lipinski definition) is 1. The number of esters is 1. The number of carbonyl (C=O) groups excluding carboxylic acids is 4. The lowest BCUT2D eigenvalue weighted by Gasteiger charge is -2.34. The van der Waals surface area contributed by atoms with Gasteiger partial charge in [0.2, 0.25) is 0 Å². The number of amides is 3. The summed E-state index contributed by atoms with van der Waals surface area (Å²) in [6.45, 7) is 5.56. The van der Waals surface area contributed by atoms with Crippen LogP contribution in [0.4, 0.5) is 4.79 Å². The van der Waals surface area contributed by atoms with Gasteiger partial charge in [-0.1, -0.05) is 19.3 Å². The van der Waals surface area contributed by atoms with Gasteiger partial charge in [0.25, 0.3) is 5.91 Å². The maximum Gasteiger partial charge on any atom is 0.325 e. The van der Waals surface area contributed by atoms with Gasteiger partial charge in [0.1, 0.15) is 5.54 Å². The van der Waals surface area contributed by atoms with E-state index in [1.807, 2.05) is 11.5 Å². The monoisotopic (exact) mass is 417 g/mol. The molecule has 2 aliphatic rings. The molecule has 1 saturated heterocycles. The van der Waals surface area contributed by atoms with Gasteiger partial charge in [0.15, 0.2) is 5.78 Å². The zero-order valence-corrected chi connectivity index (χ0v) is 18.2. The number of hydrogen-bond acceptors (Lipinski definition) is 5. The molecule has 0 aromatic carbocycles. The first-order valence-electron chi connectivity index (χ1n) is 10.6. The summed E-state index contributed by atoms with van der Waals surface area (Å²) in [5.41, 5.74) is 1.08. The van der Waals surface area contributed by atoms with E-state index in [2.05, 4.69) is 10.1 Å². The molecule has 1 aromatic heterocycles. The first-order valence-corrected chi connectivity index (χ1v) is 10.6. The van der Waals surface area contributed by atoms with Crippen LogP contribution in [-0.4, -0.2) is 52.4 Å². The van der Waals surface area contributed by atoms with Crippen LogP contribution in [0.2, 0.25) is 0 Å². The third kappa shape index (κ3) is 4.00. The van der Waals surface area contributed by atoms with Crippen LogP contribution in [0.25, 0.3) is 0 Å². The number of urea groups is 1. The molecule has 0 unspecified atom stereocenters. The van der Waals surface area contributed by atoms with Gasteiger partial charge in [0.05, 0.1) is 20.1 Å². The van der Waals surface area contributed by atoms with E-state index in [1.165, 1.54) is 7.11 Å². The van der Waals surface area contributed by atoms with Crippen molar-refractivity contribution in [3.8, 4) is 0 Å². The average Bonchev–Trinajstić information content (AvgIpc) is 3.14. The van der Waals surface area contributed by atoms with Crippen molar-refractivity contribution in [2.45, 2.75) is 71.4 Å². The van der Waals surface area contributed by atoms with Gasteiger partial charge >= 0.3 is 12.0 Å². The zero-order valence-electron chi connectivity index (χ0n) is 18.2. The van der Waals surface area contributed by atoms with Crippen molar-refractivity contribution in [3.05, 3.63) is 23.0 Å². The summed E-state index contributed by atoms with van der Waals surface area (Å²) in [5, 5.41) is 2.86. The molecular weight excluding hydrogens is 386 g/mol. The molecule has 0 bridgehead atoms. The number of ether oxygens (including phenoxy) is 1. The largest absolute Gasteiger partial charge is 0.469 e. The fraction of sp³-hybridized carbons (Fsp3) is 0.636. The summed E-state index contributed by atoms with van der Waals surface area (Å²) in [7, 11) is 1.34. The van der Waals surface area contributed by atoms with Crippen LogP contribution < -0.4 is 5.32 Å². The van der Waals surface area contributed by atoms with Crippen LogP contribution in [0.3, 0.4) is 0 Å². The Morgan fingerprint density at radius 2 is 1.87 bits per heavy atom. The molecule has 1 aromatic rings. The van der Waals surface area contributed by atoms with Crippen molar-refractivity contribution < 1.29 is 23.9 Å². The van der Waals surface area contributed by atoms with Crippen molar-refractivity contribution in [3.63, 3.8) is 0 Å². The van der Waals surface area contributed by atoms with Gasteiger partial charge in [0, 0.05) is 23.5 Å². The summed E-state index contributed by atoms with van der Waals surface area (Å²) in [6, 6.07) is 1.24. The fourth-order valence-corrected chi connectivity index (χ4v) is 4.78. The van der Waals surface area contributed by atoms with Gasteiger partial charge in [-0.3, -0.25) is 19.3 Å². The van der Waals surface area contributed by atoms with Gasteiger partial charge in [-0.05, 0) is 45.6 Å². The molecule has 8 heteroatoms. The molecule has 3 rings (SSSR count). The lowest BCUT2D eigenvalue weighted by Crippen LogP contribution is -2.51. The third-order valence-electron chi connectivity index (χ3n) is 6.67. The average molecular weight is 418 g/mol. The maximum atomic E-state index is 13.1. The number of carbonyl (C=O) groups is 4. The van der Waals surface area contributed by atoms with E-state index in [4.69, 9.17) is 0 Å². The molecule has 2 heterocycles. The van der Waals surface area contributed by atoms with Gasteiger partial charge in [-0.15, -0.1) is 0 Å². The summed E-state index contributed by atoms with van der Waals surface area (Å²) in [6.07, 6.45) is 5.28. The summed E-state index contributed by atoms with van der Waals surface area (Å²) < 4.78 is 6.56. The van der Waals surface area contributed by atoms with Crippen molar-refractivity contribution in [2.75, 3.05) is 13.7 Å². The van der Waals surface area contributed by atoms with E-state index >= 15 is 0 Å². The number of methoxy groups -OCH3 is 1. The lowest BCUT2D eigenvalue weighted by molar-refractivity contribution is -0.140. The highest BCUT2D eigenvalue weighted by atomic mass is 16.5. The van der Waals surface area contributed by atoms with Crippen LogP contribution >= 0.6 is 0 Å². The second-order valence-corrected chi connectivity index (χ2v) is 8.54. The van der Waals surface area contributed by atoms with Gasteiger partial charge in [-0.2, -0.15) is 0 Å². The zero-order chi connectivity index (χ0) is 22.1. The second kappa shape index (κ2) is 8.62. The Kier molecular flexibility index (Phi) is 6.33. The molecule has 1 atom stereocenters. The fourth-order valence-electron chi connectivity index (χ4n) is 4.78. The molecule has 1 N–H and O–H groups in total. The molecule has 164 valence electrons. The van der Waals surface area contributed by atoms with Crippen molar-refractivity contribution in [1.82, 2.24) is 14.8 Å². The van der Waals surface area contributed by atoms with Crippen molar-refractivity contribution >= 4 is 23.7 Å². The summed E-state index contributed by atoms with van der Waals surface area (Å²) in [4.78, 5) is 51.2. The van der Waals surface area contributed by atoms with E-state index in [0.717, 1.165) is 42.7 Å². The van der Waals surface area contributed by atoms with Crippen LogP contribution in [0.1, 0.15) is 67.2 Å². The Labute approximate surface area is 176 Å². The third-order valence-corrected chi connectivity index (χ3v) is 6.67. The summed E-state index contributed by atoms with van der Waals surface area (Å²) in [5.74, 6) is -0.820. The number of nitrogens with one attached hydrogen (secondary N) is 1. The Balaban J connectivity index is 1.73. The highest BCUT2D eigenvalue weighted by Crippen LogP contribution is 2.36. The van der Waals surface area contributed by atoms with Gasteiger partial charge in [-0.25, -0.2) is 4.79 Å². The highest BCUT2D eigenvalue weighted by molar-refractivity contribution is 6.11. The number of nitrogens with zero attached hydrogens (tertiary/aromatic N) is 2. The van der Waals surface area contributed by atoms with E-state index in [-0.39, 0.29) is 36.5 Å². The molecule has 3 amide bonds. The molecular formula is C22H31N3O5. The normalized spacial score (nSPS) is 22.3. The first-order chi connectivity index (χ1) is 14.2. The number of rotatable bonds is 7. The molecule has 2 fully saturated rings.